The van der Waals surface area contributed by atoms with Crippen LogP contribution in [0.1, 0.15) is 188 Å². The molecule has 0 bridgehead atoms. The van der Waals surface area contributed by atoms with Crippen molar-refractivity contribution in [3.8, 4) is 0 Å². The highest BCUT2D eigenvalue weighted by molar-refractivity contribution is 7.86. The number of carbonyl (C=O) groups is 11. The van der Waals surface area contributed by atoms with Crippen molar-refractivity contribution in [2.75, 3.05) is 94.6 Å². The lowest BCUT2D eigenvalue weighted by molar-refractivity contribution is -0.322. The number of fused-ring (bicyclic) bond motifs is 1. The lowest BCUT2D eigenvalue weighted by Gasteiger charge is -2.50. The molecule has 0 aromatic carbocycles. The molecule has 3 fully saturated rings. The number of unbranched alkanes of at least 4 members (excludes halogenated alkanes) is 3. The number of hydrogen-bond acceptors (Lipinski definition) is 18. The molecule has 1 unspecified atom stereocenters. The summed E-state index contributed by atoms with van der Waals surface area (Å²) in [4.78, 5) is 181. The minimum Gasteiger partial charge on any atom is -0.379 e. The molecule has 0 saturated carbocycles. The van der Waals surface area contributed by atoms with Gasteiger partial charge in [0.15, 0.2) is 17.6 Å². The van der Waals surface area contributed by atoms with Crippen LogP contribution in [0.4, 0.5) is 0 Å². The topological polar surface area (TPSA) is 309 Å². The molecule has 3 aliphatic rings. The van der Waals surface area contributed by atoms with Gasteiger partial charge in [0.1, 0.15) is 48.4 Å². The summed E-state index contributed by atoms with van der Waals surface area (Å²) in [7, 11) is 5.08. The fourth-order valence-electron chi connectivity index (χ4n) is 13.6. The number of hydrogen-bond donors (Lipinski definition) is 2. The molecule has 27 nitrogen and oxygen atoms in total. The van der Waals surface area contributed by atoms with Crippen LogP contribution < -0.4 is 10.6 Å². The molecule has 3 rings (SSSR count). The summed E-state index contributed by atoms with van der Waals surface area (Å²) in [6.07, 6.45) is 2.38. The number of rotatable bonds is 24. The summed E-state index contributed by atoms with van der Waals surface area (Å²) >= 11 is 0. The van der Waals surface area contributed by atoms with Crippen molar-refractivity contribution in [1.29, 1.82) is 0 Å². The van der Waals surface area contributed by atoms with Crippen LogP contribution in [0.15, 0.2) is 0 Å². The molecular weight excluding hydrogens is 1310 g/mol. The van der Waals surface area contributed by atoms with Crippen LogP contribution >= 0.6 is 0 Å². The van der Waals surface area contributed by atoms with Crippen molar-refractivity contribution in [2.24, 2.45) is 47.3 Å². The maximum atomic E-state index is 15.3. The summed E-state index contributed by atoms with van der Waals surface area (Å²) in [5.74, 6) is -10.6. The quantitative estimate of drug-likeness (QED) is 0.0926. The number of Topliss-reactive ketones (excluding diaryl/α,β-unsaturated/α-hetero) is 2. The second-order valence-corrected chi connectivity index (χ2v) is 32.1. The average Bonchev–Trinajstić information content (AvgIpc) is 0.753. The van der Waals surface area contributed by atoms with E-state index in [4.69, 9.17) is 18.5 Å². The predicted molar refractivity (Wildman–Crippen MR) is 381 cm³/mol. The van der Waals surface area contributed by atoms with E-state index < -0.39 is 171 Å². The van der Waals surface area contributed by atoms with Gasteiger partial charge in [-0.3, -0.25) is 66.7 Å². The first-order valence-electron chi connectivity index (χ1n) is 36.5. The minimum absolute atomic E-state index is 0.0209. The molecule has 0 radical (unpaired) electrons. The van der Waals surface area contributed by atoms with Crippen LogP contribution in [0, 0.1) is 47.3 Å². The Morgan fingerprint density at radius 2 is 1.05 bits per heavy atom. The van der Waals surface area contributed by atoms with Crippen LogP contribution in [-0.4, -0.2) is 274 Å². The smallest absolute Gasteiger partial charge is 0.270 e. The fraction of sp³-hybridized carbons (Fsp3) is 0.847. The van der Waals surface area contributed by atoms with Gasteiger partial charge in [-0.1, -0.05) is 103 Å². The molecule has 0 aliphatic carbocycles. The second kappa shape index (κ2) is 41.0. The standard InChI is InChI=1S/C72H128N10O17S/c1-24-54-69(90)75(17)51(15)67(88)80(22)61(52(16)97-34-29-27-31-81-32-36-96-37-33-81)59(84)42-53(46(8)9)68(89)76(18)55(38-43(2)3)58(83)41-49(13)64(85)73-50(14)66(87)77(19)56(39-44(4)5)70(91)78(20)57(40-45(6)7)71(92)79(21)60(47(10)11)72(93)82-62(65(86)74-54)63(99-82)48(12)30-26-25-28-35-98-100(23,94)95/h43-57,60-63H,24-42H2,1-23H3,(H,73,85)(H,74,86)/t48-,49-,50-,51-,52-,53+,54+,55+,56+,57+,60+,61+,62+,63?/m1/s1. The zero-order valence-corrected chi connectivity index (χ0v) is 65.6. The largest absolute Gasteiger partial charge is 0.379 e. The maximum Gasteiger partial charge on any atom is 0.270 e. The van der Waals surface area contributed by atoms with E-state index in [1.165, 1.54) is 85.5 Å². The zero-order valence-electron chi connectivity index (χ0n) is 64.8. The van der Waals surface area contributed by atoms with Crippen molar-refractivity contribution < 1.29 is 79.7 Å². The van der Waals surface area contributed by atoms with Gasteiger partial charge in [-0.2, -0.15) is 8.42 Å². The number of ketones is 2. The highest BCUT2D eigenvalue weighted by Crippen LogP contribution is 2.35. The molecule has 100 heavy (non-hydrogen) atoms. The van der Waals surface area contributed by atoms with E-state index in [2.05, 4.69) is 15.5 Å². The zero-order chi connectivity index (χ0) is 76.1. The van der Waals surface area contributed by atoms with E-state index in [9.17, 15) is 27.6 Å². The van der Waals surface area contributed by atoms with Gasteiger partial charge >= 0.3 is 0 Å². The third-order valence-electron chi connectivity index (χ3n) is 20.0. The number of nitrogens with one attached hydrogen (secondary N) is 2. The molecule has 3 saturated heterocycles. The average molecular weight is 1440 g/mol. The molecule has 0 spiro atoms. The number of likely N-dealkylation sites (N-methyl/N-ethyl adjacent to an activating group) is 6. The molecule has 3 aliphatic heterocycles. The van der Waals surface area contributed by atoms with Crippen LogP contribution in [0.3, 0.4) is 0 Å². The SMILES string of the molecule is CC[C@@H]1NC(=O)[C@@H]2C([C@H](C)CCCCCOS(C)(=O)=O)ON2C(=O)[C@H](C(C)C)N(C)C(=O)[C@H](CC(C)C)N(C)C(=O)[C@H](CC(C)C)N(C)C(=O)[C@@H](C)NC(=O)[C@H](C)CC(=O)[C@H](CC(C)C)N(C)C(=O)[C@H](C(C)C)CC(=O)[C@H]([C@@H](C)OCCCCN2CCOCC2)N(C)C(=O)[C@@H](C)N(C)C1=O. The van der Waals surface area contributed by atoms with Gasteiger partial charge in [0.05, 0.1) is 38.2 Å². The van der Waals surface area contributed by atoms with Gasteiger partial charge in [0.2, 0.25) is 47.3 Å². The lowest BCUT2D eigenvalue weighted by atomic mass is 9.85. The van der Waals surface area contributed by atoms with E-state index >= 15 is 33.6 Å². The number of nitrogens with zero attached hydrogens (tertiary/aromatic N) is 8. The molecular formula is C72H128N10O17S. The van der Waals surface area contributed by atoms with Crippen molar-refractivity contribution in [3.63, 3.8) is 0 Å². The molecule has 2 N–H and O–H groups in total. The number of morpholine rings is 1. The summed E-state index contributed by atoms with van der Waals surface area (Å²) < 4.78 is 40.1. The lowest BCUT2D eigenvalue weighted by Crippen LogP contribution is -2.72. The Morgan fingerprint density at radius 3 is 1.58 bits per heavy atom. The Morgan fingerprint density at radius 1 is 0.530 bits per heavy atom. The van der Waals surface area contributed by atoms with E-state index in [0.717, 1.165) is 37.4 Å². The van der Waals surface area contributed by atoms with Crippen molar-refractivity contribution in [3.05, 3.63) is 0 Å². The van der Waals surface area contributed by atoms with Crippen LogP contribution in [0.2, 0.25) is 0 Å². The van der Waals surface area contributed by atoms with E-state index in [1.807, 2.05) is 48.5 Å². The Kier molecular flexibility index (Phi) is 36.3. The highest BCUT2D eigenvalue weighted by Gasteiger charge is 2.55. The normalized spacial score (nSPS) is 27.9. The fourth-order valence-corrected chi connectivity index (χ4v) is 14.0. The van der Waals surface area contributed by atoms with Gasteiger partial charge in [-0.15, -0.1) is 0 Å². The number of carbonyl (C=O) groups excluding carboxylic acids is 11. The van der Waals surface area contributed by atoms with Crippen LogP contribution in [0.5, 0.6) is 0 Å². The van der Waals surface area contributed by atoms with Gasteiger partial charge < -0.3 is 49.5 Å². The van der Waals surface area contributed by atoms with Crippen LogP contribution in [-0.2, 0) is 81.4 Å². The van der Waals surface area contributed by atoms with Crippen LogP contribution in [0.25, 0.3) is 0 Å². The number of ether oxygens (including phenoxy) is 2. The predicted octanol–water partition coefficient (Wildman–Crippen LogP) is 5.20. The molecule has 3 heterocycles. The van der Waals surface area contributed by atoms with Gasteiger partial charge in [0.25, 0.3) is 16.0 Å². The third kappa shape index (κ3) is 25.3. The van der Waals surface area contributed by atoms with Crippen molar-refractivity contribution >= 4 is 74.8 Å². The molecule has 574 valence electrons. The highest BCUT2D eigenvalue weighted by atomic mass is 32.2. The second-order valence-electron chi connectivity index (χ2n) is 30.5. The summed E-state index contributed by atoms with van der Waals surface area (Å²) in [5, 5.41) is 6.56. The summed E-state index contributed by atoms with van der Waals surface area (Å²) in [6.45, 7) is 32.0. The first-order valence-corrected chi connectivity index (χ1v) is 38.4. The van der Waals surface area contributed by atoms with Crippen molar-refractivity contribution in [1.82, 2.24) is 50.0 Å². The van der Waals surface area contributed by atoms with Gasteiger partial charge in [-0.05, 0) is 114 Å². The molecule has 14 atom stereocenters. The monoisotopic (exact) mass is 1440 g/mol. The van der Waals surface area contributed by atoms with E-state index in [1.54, 1.807) is 48.5 Å². The third-order valence-corrected chi connectivity index (χ3v) is 20.6. The Balaban J connectivity index is 2.29. The first-order chi connectivity index (χ1) is 46.5. The molecule has 9 amide bonds. The van der Waals surface area contributed by atoms with E-state index in [0.29, 0.717) is 45.3 Å². The maximum absolute atomic E-state index is 15.3. The number of hydroxylamine groups is 2. The Hall–Kier alpha value is -5.68. The number of amides is 9. The van der Waals surface area contributed by atoms with Crippen molar-refractivity contribution in [2.45, 2.75) is 254 Å². The summed E-state index contributed by atoms with van der Waals surface area (Å²) in [5.41, 5.74) is 0. The first kappa shape index (κ1) is 88.5. The molecule has 0 aromatic rings. The summed E-state index contributed by atoms with van der Waals surface area (Å²) in [6, 6.07) is -11.0. The van der Waals surface area contributed by atoms with Gasteiger partial charge in [0, 0.05) is 86.7 Å². The molecule has 0 aromatic heterocycles. The van der Waals surface area contributed by atoms with Gasteiger partial charge in [-0.25, -0.2) is 5.06 Å². The Bertz CT molecular complexity index is 2850. The molecule has 28 heteroatoms. The minimum atomic E-state index is -3.65. The van der Waals surface area contributed by atoms with E-state index in [-0.39, 0.29) is 69.5 Å². The Labute approximate surface area is 598 Å².